The summed E-state index contributed by atoms with van der Waals surface area (Å²) in [6, 6.07) is 20.7. The summed E-state index contributed by atoms with van der Waals surface area (Å²) < 4.78 is 17.5. The summed E-state index contributed by atoms with van der Waals surface area (Å²) >= 11 is 24.0. The van der Waals surface area contributed by atoms with Gasteiger partial charge in [0.05, 0.1) is 42.3 Å². The minimum Gasteiger partial charge on any atom is -0.399 e. The first kappa shape index (κ1) is 41.1. The standard InChI is InChI=1S/2C16H17ClN4O.C10H11Cl2N3O/c17-14-7-15(21-8-12-5-6-13(9-21)22-12)20-16(19-14)10-1-3-11(18)4-2-10;17-16-19-14(10-1-3-11(18)4-2-10)7-15(20-16)21-8-12-5-6-13(9-21)22-12;11-8-3-9(14-10(12)13-8)15-4-6-1-2-7(5-15)16-6/h2*1-4,7,12-13H,5-6,8-9,18H2;3,6-7H,1-2,4-5H2. The molecule has 14 nitrogen and oxygen atoms in total. The van der Waals surface area contributed by atoms with Crippen molar-refractivity contribution in [3.63, 3.8) is 0 Å². The maximum atomic E-state index is 6.21. The van der Waals surface area contributed by atoms with Crippen molar-refractivity contribution in [2.75, 3.05) is 65.4 Å². The zero-order valence-electron chi connectivity index (χ0n) is 32.7. The van der Waals surface area contributed by atoms with Gasteiger partial charge in [-0.3, -0.25) is 0 Å². The fourth-order valence-electron chi connectivity index (χ4n) is 8.64. The molecular weight excluding hydrogens is 848 g/mol. The van der Waals surface area contributed by atoms with E-state index in [0.29, 0.717) is 52.8 Å². The number of fused-ring (bicyclic) bond motifs is 6. The molecule has 0 spiro atoms. The third-order valence-corrected chi connectivity index (χ3v) is 12.2. The zero-order chi connectivity index (χ0) is 41.3. The molecule has 6 aliphatic rings. The van der Waals surface area contributed by atoms with Gasteiger partial charge in [0.2, 0.25) is 10.6 Å². The number of hydrogen-bond acceptors (Lipinski definition) is 14. The Labute approximate surface area is 368 Å². The fraction of sp³-hybridized carbons (Fsp3) is 0.429. The van der Waals surface area contributed by atoms with Crippen LogP contribution in [0.15, 0.2) is 66.7 Å². The predicted molar refractivity (Wildman–Crippen MR) is 236 cm³/mol. The highest BCUT2D eigenvalue weighted by Gasteiger charge is 2.36. The molecule has 2 aromatic carbocycles. The number of benzene rings is 2. The molecule has 18 heteroatoms. The number of nitrogens with two attached hydrogens (primary N) is 2. The molecule has 6 saturated heterocycles. The lowest BCUT2D eigenvalue weighted by molar-refractivity contribution is 0.0300. The van der Waals surface area contributed by atoms with Crippen LogP contribution < -0.4 is 26.2 Å². The lowest BCUT2D eigenvalue weighted by atomic mass is 10.1. The van der Waals surface area contributed by atoms with E-state index in [1.54, 1.807) is 6.07 Å². The van der Waals surface area contributed by atoms with E-state index in [0.717, 1.165) is 123 Å². The van der Waals surface area contributed by atoms with Crippen LogP contribution in [0.3, 0.4) is 0 Å². The second-order valence-electron chi connectivity index (χ2n) is 15.9. The Morgan fingerprint density at radius 3 is 1.23 bits per heavy atom. The van der Waals surface area contributed by atoms with Gasteiger partial charge >= 0.3 is 0 Å². The van der Waals surface area contributed by atoms with Crippen LogP contribution in [0.4, 0.5) is 28.8 Å². The molecule has 6 bridgehead atoms. The largest absolute Gasteiger partial charge is 0.399 e. The molecule has 6 unspecified atom stereocenters. The van der Waals surface area contributed by atoms with Crippen LogP contribution >= 0.6 is 46.4 Å². The van der Waals surface area contributed by atoms with Crippen LogP contribution in [0, 0.1) is 0 Å². The Balaban J connectivity index is 0.000000117. The number of rotatable bonds is 5. The molecule has 6 fully saturated rings. The minimum absolute atomic E-state index is 0.196. The molecule has 5 aromatic rings. The summed E-state index contributed by atoms with van der Waals surface area (Å²) in [6.07, 6.45) is 8.68. The summed E-state index contributed by atoms with van der Waals surface area (Å²) in [5, 5.41) is 1.30. The number of halogens is 4. The first-order valence-corrected chi connectivity index (χ1v) is 21.8. The van der Waals surface area contributed by atoms with Crippen LogP contribution in [0.2, 0.25) is 20.9 Å². The molecule has 11 rings (SSSR count). The molecule has 314 valence electrons. The topological polar surface area (TPSA) is 167 Å². The Morgan fingerprint density at radius 1 is 0.433 bits per heavy atom. The number of aromatic nitrogens is 6. The third-order valence-electron chi connectivity index (χ3n) is 11.5. The van der Waals surface area contributed by atoms with E-state index in [1.807, 2.05) is 60.7 Å². The van der Waals surface area contributed by atoms with Crippen LogP contribution in [-0.2, 0) is 14.2 Å². The monoisotopic (exact) mass is 891 g/mol. The van der Waals surface area contributed by atoms with E-state index in [2.05, 4.69) is 44.6 Å². The maximum absolute atomic E-state index is 6.21. The Bertz CT molecular complexity index is 2120. The van der Waals surface area contributed by atoms with E-state index in [1.165, 1.54) is 0 Å². The molecule has 0 radical (unpaired) electrons. The van der Waals surface area contributed by atoms with E-state index >= 15 is 0 Å². The van der Waals surface area contributed by atoms with Gasteiger partial charge in [0, 0.05) is 80.0 Å². The maximum Gasteiger partial charge on any atom is 0.225 e. The third kappa shape index (κ3) is 9.91. The van der Waals surface area contributed by atoms with Gasteiger partial charge < -0.3 is 40.4 Å². The van der Waals surface area contributed by atoms with Gasteiger partial charge in [-0.15, -0.1) is 0 Å². The summed E-state index contributed by atoms with van der Waals surface area (Å²) in [7, 11) is 0. The Morgan fingerprint density at radius 2 is 0.800 bits per heavy atom. The second kappa shape index (κ2) is 18.0. The lowest BCUT2D eigenvalue weighted by Crippen LogP contribution is -2.43. The Hall–Kier alpha value is -4.28. The first-order valence-electron chi connectivity index (χ1n) is 20.3. The number of ether oxygens (including phenoxy) is 3. The van der Waals surface area contributed by atoms with Crippen molar-refractivity contribution in [3.05, 3.63) is 87.6 Å². The Kier molecular flexibility index (Phi) is 12.3. The molecule has 0 aliphatic carbocycles. The average Bonchev–Trinajstić information content (AvgIpc) is 3.89. The summed E-state index contributed by atoms with van der Waals surface area (Å²) in [5.74, 6) is 3.16. The summed E-state index contributed by atoms with van der Waals surface area (Å²) in [5.41, 5.74) is 15.6. The summed E-state index contributed by atoms with van der Waals surface area (Å²) in [6.45, 7) is 5.19. The number of anilines is 5. The minimum atomic E-state index is 0.196. The highest BCUT2D eigenvalue weighted by Crippen LogP contribution is 2.34. The number of hydrogen-bond donors (Lipinski definition) is 2. The van der Waals surface area contributed by atoms with Crippen LogP contribution in [0.1, 0.15) is 38.5 Å². The second-order valence-corrected chi connectivity index (χ2v) is 17.4. The normalized spacial score (nSPS) is 25.0. The van der Waals surface area contributed by atoms with Crippen LogP contribution in [0.5, 0.6) is 0 Å². The molecule has 9 heterocycles. The van der Waals surface area contributed by atoms with E-state index in [-0.39, 0.29) is 10.6 Å². The average molecular weight is 894 g/mol. The summed E-state index contributed by atoms with van der Waals surface area (Å²) in [4.78, 5) is 32.5. The van der Waals surface area contributed by atoms with Gasteiger partial charge in [-0.25, -0.2) is 29.9 Å². The molecule has 4 N–H and O–H groups in total. The molecule has 6 aliphatic heterocycles. The molecule has 60 heavy (non-hydrogen) atoms. The number of morpholine rings is 3. The quantitative estimate of drug-likeness (QED) is 0.100. The van der Waals surface area contributed by atoms with Crippen molar-refractivity contribution in [2.45, 2.75) is 75.1 Å². The van der Waals surface area contributed by atoms with Crippen molar-refractivity contribution in [1.29, 1.82) is 0 Å². The van der Waals surface area contributed by atoms with Crippen molar-refractivity contribution >= 4 is 75.2 Å². The van der Waals surface area contributed by atoms with Gasteiger partial charge in [-0.2, -0.15) is 0 Å². The van der Waals surface area contributed by atoms with E-state index < -0.39 is 0 Å². The molecule has 0 amide bonds. The van der Waals surface area contributed by atoms with Gasteiger partial charge in [-0.1, -0.05) is 35.3 Å². The van der Waals surface area contributed by atoms with Gasteiger partial charge in [0.15, 0.2) is 5.82 Å². The smallest absolute Gasteiger partial charge is 0.225 e. The van der Waals surface area contributed by atoms with Gasteiger partial charge in [-0.05, 0) is 98.1 Å². The van der Waals surface area contributed by atoms with Crippen molar-refractivity contribution < 1.29 is 14.2 Å². The van der Waals surface area contributed by atoms with Crippen molar-refractivity contribution in [1.82, 2.24) is 29.9 Å². The fourth-order valence-corrected chi connectivity index (χ4v) is 9.40. The molecule has 3 aromatic heterocycles. The highest BCUT2D eigenvalue weighted by molar-refractivity contribution is 6.32. The zero-order valence-corrected chi connectivity index (χ0v) is 35.7. The van der Waals surface area contributed by atoms with Crippen molar-refractivity contribution in [3.8, 4) is 22.6 Å². The number of nitrogens with zero attached hydrogens (tertiary/aromatic N) is 9. The number of nitrogen functional groups attached to an aromatic ring is 2. The molecule has 0 saturated carbocycles. The first-order chi connectivity index (χ1) is 29.0. The molecular formula is C42H45Cl4N11O3. The van der Waals surface area contributed by atoms with Crippen molar-refractivity contribution in [2.24, 2.45) is 0 Å². The van der Waals surface area contributed by atoms with Gasteiger partial charge in [0.25, 0.3) is 0 Å². The van der Waals surface area contributed by atoms with E-state index in [9.17, 15) is 0 Å². The molecule has 6 atom stereocenters. The highest BCUT2D eigenvalue weighted by atomic mass is 35.5. The van der Waals surface area contributed by atoms with E-state index in [4.69, 9.17) is 72.1 Å². The lowest BCUT2D eigenvalue weighted by Gasteiger charge is -2.33. The SMILES string of the molecule is Clc1cc(N2CC3CCC(C2)O3)nc(Cl)n1.Nc1ccc(-c2cc(N3CC4CCC(C3)O4)nc(Cl)n2)cc1.Nc1ccc(-c2nc(Cl)cc(N3CC4CCC(C3)O4)n2)cc1. The predicted octanol–water partition coefficient (Wildman–Crippen LogP) is 7.64. The van der Waals surface area contributed by atoms with Crippen LogP contribution in [-0.4, -0.2) is 106 Å². The van der Waals surface area contributed by atoms with Gasteiger partial charge in [0.1, 0.15) is 27.8 Å². The van der Waals surface area contributed by atoms with Crippen LogP contribution in [0.25, 0.3) is 22.6 Å².